The average Bonchev–Trinajstić information content (AvgIpc) is 2.56. The Morgan fingerprint density at radius 1 is 1.17 bits per heavy atom. The van der Waals surface area contributed by atoms with Crippen molar-refractivity contribution >= 4 is 17.3 Å². The van der Waals surface area contributed by atoms with E-state index in [1.54, 1.807) is 30.3 Å². The maximum atomic E-state index is 12.2. The number of nitrogens with one attached hydrogen (secondary N) is 1. The van der Waals surface area contributed by atoms with Gasteiger partial charge in [0.05, 0.1) is 11.5 Å². The van der Waals surface area contributed by atoms with E-state index in [0.717, 1.165) is 18.6 Å². The second-order valence-corrected chi connectivity index (χ2v) is 4.95. The van der Waals surface area contributed by atoms with Crippen LogP contribution in [0.5, 0.6) is 5.75 Å². The molecule has 2 aromatic rings. The second kappa shape index (κ2) is 7.93. The normalized spacial score (nSPS) is 10.1. The summed E-state index contributed by atoms with van der Waals surface area (Å²) < 4.78 is 5.54. The molecule has 0 aromatic heterocycles. The zero-order chi connectivity index (χ0) is 16.7. The van der Waals surface area contributed by atoms with Crippen molar-refractivity contribution in [1.82, 2.24) is 0 Å². The quantitative estimate of drug-likeness (QED) is 0.475. The van der Waals surface area contributed by atoms with Gasteiger partial charge in [0.1, 0.15) is 11.3 Å². The van der Waals surface area contributed by atoms with Gasteiger partial charge < -0.3 is 10.1 Å². The highest BCUT2D eigenvalue weighted by Gasteiger charge is 2.19. The van der Waals surface area contributed by atoms with Crippen molar-refractivity contribution in [1.29, 1.82) is 0 Å². The molecule has 0 radical (unpaired) electrons. The van der Waals surface area contributed by atoms with Crippen molar-refractivity contribution in [2.75, 3.05) is 11.9 Å². The number of nitrogens with zero attached hydrogens (tertiary/aromatic N) is 1. The molecule has 0 spiro atoms. The Hall–Kier alpha value is -2.89. The Labute approximate surface area is 134 Å². The van der Waals surface area contributed by atoms with Crippen molar-refractivity contribution in [3.8, 4) is 5.75 Å². The lowest BCUT2D eigenvalue weighted by Crippen LogP contribution is -2.13. The highest BCUT2D eigenvalue weighted by molar-refractivity contribution is 6.07. The van der Waals surface area contributed by atoms with Gasteiger partial charge in [0.25, 0.3) is 11.6 Å². The fourth-order valence-corrected chi connectivity index (χ4v) is 1.99. The van der Waals surface area contributed by atoms with Crippen LogP contribution in [-0.4, -0.2) is 17.4 Å². The van der Waals surface area contributed by atoms with Crippen LogP contribution < -0.4 is 10.1 Å². The molecule has 0 bridgehead atoms. The minimum Gasteiger partial charge on any atom is -0.494 e. The molecule has 6 nitrogen and oxygen atoms in total. The van der Waals surface area contributed by atoms with Crippen molar-refractivity contribution in [3.63, 3.8) is 0 Å². The fourth-order valence-electron chi connectivity index (χ4n) is 1.99. The number of unbranched alkanes of at least 4 members (excludes halogenated alkanes) is 1. The van der Waals surface area contributed by atoms with Gasteiger partial charge in [0, 0.05) is 11.8 Å². The van der Waals surface area contributed by atoms with E-state index in [1.807, 2.05) is 0 Å². The fraction of sp³-hybridized carbons (Fsp3) is 0.235. The van der Waals surface area contributed by atoms with Crippen LogP contribution in [0, 0.1) is 10.1 Å². The molecule has 120 valence electrons. The maximum absolute atomic E-state index is 12.2. The molecule has 0 aliphatic heterocycles. The molecule has 0 atom stereocenters. The minimum absolute atomic E-state index is 0.0285. The van der Waals surface area contributed by atoms with Crippen LogP contribution in [0.3, 0.4) is 0 Å². The summed E-state index contributed by atoms with van der Waals surface area (Å²) in [7, 11) is 0. The van der Waals surface area contributed by atoms with Crippen molar-refractivity contribution in [2.45, 2.75) is 19.8 Å². The number of carbonyl (C=O) groups is 1. The SMILES string of the molecule is CCCCOc1ccc(NC(=O)c2ccccc2[N+](=O)[O-])cc1. The zero-order valence-corrected chi connectivity index (χ0v) is 12.8. The molecule has 0 saturated carbocycles. The van der Waals surface area contributed by atoms with Crippen LogP contribution >= 0.6 is 0 Å². The van der Waals surface area contributed by atoms with Gasteiger partial charge in [-0.3, -0.25) is 14.9 Å². The third kappa shape index (κ3) is 4.54. The molecular formula is C17H18N2O4. The summed E-state index contributed by atoms with van der Waals surface area (Å²) in [5.41, 5.74) is 0.362. The van der Waals surface area contributed by atoms with E-state index < -0.39 is 10.8 Å². The number of amides is 1. The number of rotatable bonds is 7. The van der Waals surface area contributed by atoms with Gasteiger partial charge >= 0.3 is 0 Å². The van der Waals surface area contributed by atoms with E-state index in [0.29, 0.717) is 12.3 Å². The van der Waals surface area contributed by atoms with Gasteiger partial charge in [-0.05, 0) is 36.8 Å². The Kier molecular flexibility index (Phi) is 5.68. The number of ether oxygens (including phenoxy) is 1. The molecule has 0 heterocycles. The highest BCUT2D eigenvalue weighted by atomic mass is 16.6. The van der Waals surface area contributed by atoms with E-state index in [2.05, 4.69) is 12.2 Å². The van der Waals surface area contributed by atoms with Crippen molar-refractivity contribution in [2.24, 2.45) is 0 Å². The monoisotopic (exact) mass is 314 g/mol. The molecule has 0 fully saturated rings. The number of hydrogen-bond acceptors (Lipinski definition) is 4. The summed E-state index contributed by atoms with van der Waals surface area (Å²) in [6.07, 6.45) is 2.04. The van der Waals surface area contributed by atoms with E-state index in [4.69, 9.17) is 4.74 Å². The van der Waals surface area contributed by atoms with Crippen LogP contribution in [-0.2, 0) is 0 Å². The first-order chi connectivity index (χ1) is 11.1. The first kappa shape index (κ1) is 16.5. The van der Waals surface area contributed by atoms with Gasteiger partial charge in [-0.15, -0.1) is 0 Å². The molecule has 1 N–H and O–H groups in total. The summed E-state index contributed by atoms with van der Waals surface area (Å²) in [4.78, 5) is 22.6. The van der Waals surface area contributed by atoms with Crippen LogP contribution in [0.2, 0.25) is 0 Å². The Bertz CT molecular complexity index is 683. The Balaban J connectivity index is 2.05. The van der Waals surface area contributed by atoms with Gasteiger partial charge in [-0.2, -0.15) is 0 Å². The Morgan fingerprint density at radius 3 is 2.52 bits per heavy atom. The summed E-state index contributed by atoms with van der Waals surface area (Å²) in [6, 6.07) is 12.8. The predicted molar refractivity (Wildman–Crippen MR) is 87.9 cm³/mol. The van der Waals surface area contributed by atoms with Gasteiger partial charge in [-0.1, -0.05) is 25.5 Å². The summed E-state index contributed by atoms with van der Waals surface area (Å²) in [6.45, 7) is 2.74. The number of carbonyl (C=O) groups excluding carboxylic acids is 1. The number of hydrogen-bond donors (Lipinski definition) is 1. The van der Waals surface area contributed by atoms with Crippen molar-refractivity contribution < 1.29 is 14.5 Å². The second-order valence-electron chi connectivity index (χ2n) is 4.95. The molecule has 1 amide bonds. The minimum atomic E-state index is -0.570. The highest BCUT2D eigenvalue weighted by Crippen LogP contribution is 2.21. The van der Waals surface area contributed by atoms with Gasteiger partial charge in [-0.25, -0.2) is 0 Å². The standard InChI is InChI=1S/C17H18N2O4/c1-2-3-12-23-14-10-8-13(9-11-14)18-17(20)15-6-4-5-7-16(15)19(21)22/h4-11H,2-3,12H2,1H3,(H,18,20). The number of benzene rings is 2. The molecule has 23 heavy (non-hydrogen) atoms. The van der Waals surface area contributed by atoms with E-state index in [-0.39, 0.29) is 11.3 Å². The summed E-state index contributed by atoms with van der Waals surface area (Å²) in [5, 5.41) is 13.6. The number of nitro groups is 1. The smallest absolute Gasteiger partial charge is 0.282 e. The number of anilines is 1. The zero-order valence-electron chi connectivity index (χ0n) is 12.8. The predicted octanol–water partition coefficient (Wildman–Crippen LogP) is 4.03. The number of para-hydroxylation sites is 1. The molecule has 2 aromatic carbocycles. The first-order valence-electron chi connectivity index (χ1n) is 7.39. The third-order valence-electron chi connectivity index (χ3n) is 3.22. The van der Waals surface area contributed by atoms with Crippen LogP contribution in [0.4, 0.5) is 11.4 Å². The molecule has 6 heteroatoms. The van der Waals surface area contributed by atoms with Crippen LogP contribution in [0.1, 0.15) is 30.1 Å². The number of nitro benzene ring substituents is 1. The van der Waals surface area contributed by atoms with E-state index in [9.17, 15) is 14.9 Å². The lowest BCUT2D eigenvalue weighted by atomic mass is 10.1. The molecular weight excluding hydrogens is 296 g/mol. The van der Waals surface area contributed by atoms with E-state index >= 15 is 0 Å². The summed E-state index contributed by atoms with van der Waals surface area (Å²) in [5.74, 6) is 0.207. The van der Waals surface area contributed by atoms with Gasteiger partial charge in [0.2, 0.25) is 0 Å². The topological polar surface area (TPSA) is 81.5 Å². The molecule has 0 saturated heterocycles. The molecule has 0 aliphatic rings. The first-order valence-corrected chi connectivity index (χ1v) is 7.39. The van der Waals surface area contributed by atoms with E-state index in [1.165, 1.54) is 18.2 Å². The van der Waals surface area contributed by atoms with Crippen molar-refractivity contribution in [3.05, 3.63) is 64.2 Å². The maximum Gasteiger partial charge on any atom is 0.282 e. The average molecular weight is 314 g/mol. The molecule has 0 aliphatic carbocycles. The van der Waals surface area contributed by atoms with Gasteiger partial charge in [0.15, 0.2) is 0 Å². The van der Waals surface area contributed by atoms with Crippen LogP contribution in [0.15, 0.2) is 48.5 Å². The lowest BCUT2D eigenvalue weighted by molar-refractivity contribution is -0.385. The Morgan fingerprint density at radius 2 is 1.87 bits per heavy atom. The third-order valence-corrected chi connectivity index (χ3v) is 3.22. The summed E-state index contributed by atoms with van der Waals surface area (Å²) >= 11 is 0. The molecule has 2 rings (SSSR count). The van der Waals surface area contributed by atoms with Crippen LogP contribution in [0.25, 0.3) is 0 Å². The molecule has 0 unspecified atom stereocenters. The largest absolute Gasteiger partial charge is 0.494 e. The lowest BCUT2D eigenvalue weighted by Gasteiger charge is -2.08.